The minimum atomic E-state index is 0.609. The van der Waals surface area contributed by atoms with Gasteiger partial charge in [-0.15, -0.1) is 0 Å². The molecule has 74 valence electrons. The lowest BCUT2D eigenvalue weighted by Gasteiger charge is -2.31. The van der Waals surface area contributed by atoms with Gasteiger partial charge in [0, 0.05) is 19.0 Å². The number of nitrogens with zero attached hydrogens (tertiary/aromatic N) is 1. The first-order valence-corrected chi connectivity index (χ1v) is 5.71. The topological polar surface area (TPSA) is 27.1 Å². The van der Waals surface area contributed by atoms with Gasteiger partial charge in [0.25, 0.3) is 0 Å². The number of likely N-dealkylation sites (tertiary alicyclic amines) is 1. The van der Waals surface area contributed by atoms with Crippen LogP contribution in [0.1, 0.15) is 44.9 Å². The quantitative estimate of drug-likeness (QED) is 0.487. The Morgan fingerprint density at radius 3 is 2.15 bits per heavy atom. The fraction of sp³-hybridized carbons (Fsp3) is 0.909. The summed E-state index contributed by atoms with van der Waals surface area (Å²) in [6.45, 7) is 2.30. The third-order valence-electron chi connectivity index (χ3n) is 3.44. The van der Waals surface area contributed by atoms with Crippen LogP contribution in [-0.4, -0.2) is 23.8 Å². The van der Waals surface area contributed by atoms with Crippen LogP contribution in [0.3, 0.4) is 0 Å². The van der Waals surface area contributed by atoms with E-state index >= 15 is 0 Å². The Labute approximate surface area is 80.8 Å². The van der Waals surface area contributed by atoms with Crippen LogP contribution >= 0.6 is 0 Å². The molecule has 1 heterocycles. The SMILES string of the molecule is N=C(C1CCCC1)N1CCCCC1. The molecule has 2 aliphatic rings. The number of hydrogen-bond donors (Lipinski definition) is 1. The van der Waals surface area contributed by atoms with Gasteiger partial charge in [-0.25, -0.2) is 0 Å². The Morgan fingerprint density at radius 1 is 0.923 bits per heavy atom. The van der Waals surface area contributed by atoms with Crippen molar-refractivity contribution in [1.82, 2.24) is 4.90 Å². The van der Waals surface area contributed by atoms with Crippen LogP contribution < -0.4 is 0 Å². The smallest absolute Gasteiger partial charge is 0.0989 e. The van der Waals surface area contributed by atoms with E-state index in [1.807, 2.05) is 0 Å². The summed E-state index contributed by atoms with van der Waals surface area (Å²) in [6.07, 6.45) is 9.21. The average molecular weight is 180 g/mol. The molecule has 13 heavy (non-hydrogen) atoms. The van der Waals surface area contributed by atoms with Crippen molar-refractivity contribution >= 4 is 5.84 Å². The van der Waals surface area contributed by atoms with E-state index in [2.05, 4.69) is 4.90 Å². The van der Waals surface area contributed by atoms with Crippen molar-refractivity contribution in [3.05, 3.63) is 0 Å². The lowest BCUT2D eigenvalue weighted by Crippen LogP contribution is -2.38. The fourth-order valence-corrected chi connectivity index (χ4v) is 2.59. The van der Waals surface area contributed by atoms with E-state index in [0.29, 0.717) is 5.92 Å². The van der Waals surface area contributed by atoms with E-state index in [1.165, 1.54) is 44.9 Å². The van der Waals surface area contributed by atoms with Crippen molar-refractivity contribution in [2.24, 2.45) is 5.92 Å². The summed E-state index contributed by atoms with van der Waals surface area (Å²) in [5, 5.41) is 8.11. The lowest BCUT2D eigenvalue weighted by molar-refractivity contribution is 0.324. The summed E-state index contributed by atoms with van der Waals surface area (Å²) in [5.41, 5.74) is 0. The van der Waals surface area contributed by atoms with Crippen molar-refractivity contribution in [1.29, 1.82) is 5.41 Å². The molecule has 0 radical (unpaired) electrons. The molecular formula is C11H20N2. The molecule has 2 heteroatoms. The van der Waals surface area contributed by atoms with Gasteiger partial charge in [-0.2, -0.15) is 0 Å². The molecule has 0 amide bonds. The second-order valence-electron chi connectivity index (χ2n) is 4.41. The van der Waals surface area contributed by atoms with Crippen molar-refractivity contribution in [3.8, 4) is 0 Å². The summed E-state index contributed by atoms with van der Waals surface area (Å²) >= 11 is 0. The van der Waals surface area contributed by atoms with Gasteiger partial charge in [-0.3, -0.25) is 5.41 Å². The first kappa shape index (κ1) is 9.04. The highest BCUT2D eigenvalue weighted by Gasteiger charge is 2.24. The molecule has 0 aromatic carbocycles. The maximum atomic E-state index is 8.11. The lowest BCUT2D eigenvalue weighted by atomic mass is 10.0. The number of rotatable bonds is 1. The Balaban J connectivity index is 1.87. The van der Waals surface area contributed by atoms with Gasteiger partial charge in [0.1, 0.15) is 0 Å². The molecule has 2 rings (SSSR count). The van der Waals surface area contributed by atoms with Crippen molar-refractivity contribution in [3.63, 3.8) is 0 Å². The van der Waals surface area contributed by atoms with Crippen LogP contribution in [0.25, 0.3) is 0 Å². The van der Waals surface area contributed by atoms with Gasteiger partial charge in [0.15, 0.2) is 0 Å². The molecule has 0 bridgehead atoms. The zero-order valence-corrected chi connectivity index (χ0v) is 8.39. The van der Waals surface area contributed by atoms with Crippen LogP contribution in [0.15, 0.2) is 0 Å². The molecule has 0 aromatic heterocycles. The summed E-state index contributed by atoms with van der Waals surface area (Å²) in [7, 11) is 0. The zero-order valence-electron chi connectivity index (χ0n) is 8.39. The van der Waals surface area contributed by atoms with Gasteiger partial charge in [-0.1, -0.05) is 12.8 Å². The molecule has 0 atom stereocenters. The van der Waals surface area contributed by atoms with Crippen LogP contribution in [0.5, 0.6) is 0 Å². The Bertz CT molecular complexity index is 177. The van der Waals surface area contributed by atoms with E-state index in [1.54, 1.807) is 0 Å². The maximum Gasteiger partial charge on any atom is 0.0989 e. The molecule has 0 unspecified atom stereocenters. The van der Waals surface area contributed by atoms with Crippen molar-refractivity contribution < 1.29 is 0 Å². The Morgan fingerprint density at radius 2 is 1.54 bits per heavy atom. The number of amidine groups is 1. The summed E-state index contributed by atoms with van der Waals surface area (Å²) in [5.74, 6) is 1.57. The fourth-order valence-electron chi connectivity index (χ4n) is 2.59. The summed E-state index contributed by atoms with van der Waals surface area (Å²) in [4.78, 5) is 2.32. The number of piperidine rings is 1. The largest absolute Gasteiger partial charge is 0.360 e. The van der Waals surface area contributed by atoms with Crippen molar-refractivity contribution in [2.75, 3.05) is 13.1 Å². The minimum Gasteiger partial charge on any atom is -0.360 e. The van der Waals surface area contributed by atoms with Crippen LogP contribution in [-0.2, 0) is 0 Å². The molecule has 1 aliphatic carbocycles. The zero-order chi connectivity index (χ0) is 9.10. The molecule has 1 saturated carbocycles. The van der Waals surface area contributed by atoms with Gasteiger partial charge >= 0.3 is 0 Å². The van der Waals surface area contributed by atoms with Gasteiger partial charge < -0.3 is 4.90 Å². The van der Waals surface area contributed by atoms with Crippen molar-refractivity contribution in [2.45, 2.75) is 44.9 Å². The maximum absolute atomic E-state index is 8.11. The van der Waals surface area contributed by atoms with Crippen LogP contribution in [0.4, 0.5) is 0 Å². The normalized spacial score (nSPS) is 25.1. The van der Waals surface area contributed by atoms with Gasteiger partial charge in [0.05, 0.1) is 5.84 Å². The van der Waals surface area contributed by atoms with E-state index in [0.717, 1.165) is 18.9 Å². The van der Waals surface area contributed by atoms with E-state index in [9.17, 15) is 0 Å². The number of nitrogens with one attached hydrogen (secondary N) is 1. The standard InChI is InChI=1S/C11H20N2/c12-11(10-6-2-3-7-10)13-8-4-1-5-9-13/h10,12H,1-9H2. The van der Waals surface area contributed by atoms with Crippen LogP contribution in [0, 0.1) is 11.3 Å². The molecule has 2 nitrogen and oxygen atoms in total. The van der Waals surface area contributed by atoms with E-state index < -0.39 is 0 Å². The molecule has 1 N–H and O–H groups in total. The predicted molar refractivity (Wildman–Crippen MR) is 55.1 cm³/mol. The molecule has 1 aliphatic heterocycles. The number of hydrogen-bond acceptors (Lipinski definition) is 1. The van der Waals surface area contributed by atoms with Gasteiger partial charge in [0.2, 0.25) is 0 Å². The monoisotopic (exact) mass is 180 g/mol. The average Bonchev–Trinajstić information content (AvgIpc) is 2.71. The minimum absolute atomic E-state index is 0.609. The Kier molecular flexibility index (Phi) is 2.87. The molecule has 1 saturated heterocycles. The predicted octanol–water partition coefficient (Wildman–Crippen LogP) is 2.64. The second kappa shape index (κ2) is 4.12. The first-order chi connectivity index (χ1) is 6.38. The molecule has 2 fully saturated rings. The highest BCUT2D eigenvalue weighted by molar-refractivity contribution is 5.81. The molecule has 0 spiro atoms. The second-order valence-corrected chi connectivity index (χ2v) is 4.41. The third-order valence-corrected chi connectivity index (χ3v) is 3.44. The van der Waals surface area contributed by atoms with Gasteiger partial charge in [-0.05, 0) is 32.1 Å². The Hall–Kier alpha value is -0.530. The summed E-state index contributed by atoms with van der Waals surface area (Å²) < 4.78 is 0. The summed E-state index contributed by atoms with van der Waals surface area (Å²) in [6, 6.07) is 0. The first-order valence-electron chi connectivity index (χ1n) is 5.71. The third kappa shape index (κ3) is 2.04. The molecule has 0 aromatic rings. The van der Waals surface area contributed by atoms with Crippen LogP contribution in [0.2, 0.25) is 0 Å². The van der Waals surface area contributed by atoms with E-state index in [4.69, 9.17) is 5.41 Å². The highest BCUT2D eigenvalue weighted by atomic mass is 15.2. The van der Waals surface area contributed by atoms with E-state index in [-0.39, 0.29) is 0 Å². The molecular weight excluding hydrogens is 160 g/mol. The highest BCUT2D eigenvalue weighted by Crippen LogP contribution is 2.27.